The zero-order chi connectivity index (χ0) is 13.6. The zero-order valence-corrected chi connectivity index (χ0v) is 11.3. The Morgan fingerprint density at radius 2 is 2.21 bits per heavy atom. The Bertz CT molecular complexity index is 641. The van der Waals surface area contributed by atoms with E-state index in [0.29, 0.717) is 17.5 Å². The predicted octanol–water partition coefficient (Wildman–Crippen LogP) is 3.40. The van der Waals surface area contributed by atoms with E-state index in [0.717, 1.165) is 16.9 Å². The van der Waals surface area contributed by atoms with Gasteiger partial charge in [-0.3, -0.25) is 0 Å². The van der Waals surface area contributed by atoms with Crippen LogP contribution in [0.2, 0.25) is 0 Å². The Kier molecular flexibility index (Phi) is 2.81. The zero-order valence-electron chi connectivity index (χ0n) is 11.3. The molecule has 0 aliphatic heterocycles. The number of rotatable bonds is 3. The van der Waals surface area contributed by atoms with E-state index in [1.165, 1.54) is 19.3 Å². The van der Waals surface area contributed by atoms with Crippen LogP contribution in [0.1, 0.15) is 48.4 Å². The number of para-hydroxylation sites is 1. The lowest BCUT2D eigenvalue weighted by atomic mass is 9.80. The number of carboxylic acid groups (broad SMARTS) is 1. The average Bonchev–Trinajstić information content (AvgIpc) is 2.61. The van der Waals surface area contributed by atoms with Crippen LogP contribution < -0.4 is 0 Å². The van der Waals surface area contributed by atoms with Crippen LogP contribution in [0.15, 0.2) is 18.2 Å². The fraction of sp³-hybridized carbons (Fsp3) is 0.467. The van der Waals surface area contributed by atoms with Crippen molar-refractivity contribution < 1.29 is 9.90 Å². The Labute approximate surface area is 112 Å². The van der Waals surface area contributed by atoms with Gasteiger partial charge in [0, 0.05) is 6.04 Å². The topological polar surface area (TPSA) is 55.1 Å². The Morgan fingerprint density at radius 3 is 2.79 bits per heavy atom. The lowest BCUT2D eigenvalue weighted by Crippen LogP contribution is -2.24. The first-order chi connectivity index (χ1) is 9.09. The van der Waals surface area contributed by atoms with Crippen molar-refractivity contribution in [3.8, 4) is 0 Å². The number of carboxylic acids is 1. The molecule has 0 saturated heterocycles. The lowest BCUT2D eigenvalue weighted by molar-refractivity contribution is 0.0698. The third-order valence-corrected chi connectivity index (χ3v) is 4.36. The molecule has 1 aliphatic carbocycles. The minimum atomic E-state index is -0.882. The third kappa shape index (κ3) is 1.82. The van der Waals surface area contributed by atoms with E-state index in [4.69, 9.17) is 0 Å². The fourth-order valence-electron chi connectivity index (χ4n) is 3.07. The number of fused-ring (bicyclic) bond motifs is 1. The first-order valence-corrected chi connectivity index (χ1v) is 6.80. The molecule has 0 amide bonds. The van der Waals surface area contributed by atoms with Gasteiger partial charge in [-0.15, -0.1) is 0 Å². The van der Waals surface area contributed by atoms with Crippen molar-refractivity contribution in [2.45, 2.75) is 39.2 Å². The minimum Gasteiger partial charge on any atom is -0.478 e. The van der Waals surface area contributed by atoms with Crippen molar-refractivity contribution in [3.63, 3.8) is 0 Å². The van der Waals surface area contributed by atoms with Gasteiger partial charge in [0.25, 0.3) is 0 Å². The summed E-state index contributed by atoms with van der Waals surface area (Å²) in [6.07, 6.45) is 3.75. The molecule has 1 fully saturated rings. The van der Waals surface area contributed by atoms with E-state index in [1.807, 2.05) is 13.0 Å². The fourth-order valence-corrected chi connectivity index (χ4v) is 3.07. The van der Waals surface area contributed by atoms with Crippen LogP contribution in [-0.2, 0) is 0 Å². The van der Waals surface area contributed by atoms with Crippen LogP contribution in [0.5, 0.6) is 0 Å². The van der Waals surface area contributed by atoms with Crippen molar-refractivity contribution >= 4 is 17.0 Å². The van der Waals surface area contributed by atoms with E-state index >= 15 is 0 Å². The van der Waals surface area contributed by atoms with E-state index in [-0.39, 0.29) is 0 Å². The maximum absolute atomic E-state index is 11.4. The highest BCUT2D eigenvalue weighted by atomic mass is 16.4. The molecule has 100 valence electrons. The first kappa shape index (κ1) is 12.2. The summed E-state index contributed by atoms with van der Waals surface area (Å²) in [5, 5.41) is 9.37. The molecule has 1 heterocycles. The number of aromatic carboxylic acids is 1. The Morgan fingerprint density at radius 1 is 1.47 bits per heavy atom. The molecule has 19 heavy (non-hydrogen) atoms. The molecule has 1 saturated carbocycles. The lowest BCUT2D eigenvalue weighted by Gasteiger charge is -2.33. The van der Waals surface area contributed by atoms with Gasteiger partial charge in [-0.05, 0) is 44.7 Å². The number of hydrogen-bond donors (Lipinski definition) is 1. The molecular weight excluding hydrogens is 240 g/mol. The summed E-state index contributed by atoms with van der Waals surface area (Å²) in [5.74, 6) is 0.675. The number of benzene rings is 1. The maximum Gasteiger partial charge on any atom is 0.337 e. The quantitative estimate of drug-likeness (QED) is 0.918. The molecular formula is C15H18N2O2. The summed E-state index contributed by atoms with van der Waals surface area (Å²) >= 11 is 0. The van der Waals surface area contributed by atoms with Crippen molar-refractivity contribution in [1.29, 1.82) is 0 Å². The maximum atomic E-state index is 11.4. The third-order valence-electron chi connectivity index (χ3n) is 4.36. The molecule has 1 aliphatic rings. The number of imidazole rings is 1. The number of aryl methyl sites for hydroxylation is 1. The van der Waals surface area contributed by atoms with Crippen molar-refractivity contribution in [2.75, 3.05) is 0 Å². The number of carbonyl (C=O) groups is 1. The van der Waals surface area contributed by atoms with E-state index < -0.39 is 5.97 Å². The molecule has 4 heteroatoms. The van der Waals surface area contributed by atoms with Crippen LogP contribution in [0, 0.1) is 12.8 Å². The molecule has 0 spiro atoms. The van der Waals surface area contributed by atoms with Gasteiger partial charge in [0.05, 0.1) is 16.6 Å². The van der Waals surface area contributed by atoms with Gasteiger partial charge in [-0.2, -0.15) is 0 Å². The molecule has 1 aromatic heterocycles. The second-order valence-corrected chi connectivity index (χ2v) is 5.44. The summed E-state index contributed by atoms with van der Waals surface area (Å²) < 4.78 is 2.11. The highest BCUT2D eigenvalue weighted by molar-refractivity contribution is 6.01. The largest absolute Gasteiger partial charge is 0.478 e. The smallest absolute Gasteiger partial charge is 0.337 e. The molecule has 1 aromatic carbocycles. The van der Waals surface area contributed by atoms with Gasteiger partial charge in [0.1, 0.15) is 5.82 Å². The van der Waals surface area contributed by atoms with Gasteiger partial charge < -0.3 is 9.67 Å². The molecule has 1 N–H and O–H groups in total. The molecule has 2 aromatic rings. The monoisotopic (exact) mass is 258 g/mol. The molecule has 0 bridgehead atoms. The van der Waals surface area contributed by atoms with Gasteiger partial charge in [-0.1, -0.05) is 12.5 Å². The number of nitrogens with zero attached hydrogens (tertiary/aromatic N) is 2. The van der Waals surface area contributed by atoms with E-state index in [1.54, 1.807) is 12.1 Å². The summed E-state index contributed by atoms with van der Waals surface area (Å²) in [6, 6.07) is 5.63. The van der Waals surface area contributed by atoms with Gasteiger partial charge >= 0.3 is 5.97 Å². The summed E-state index contributed by atoms with van der Waals surface area (Å²) in [4.78, 5) is 15.9. The molecule has 0 radical (unpaired) electrons. The van der Waals surface area contributed by atoms with Crippen molar-refractivity contribution in [3.05, 3.63) is 29.6 Å². The minimum absolute atomic E-state index is 0.319. The molecule has 4 nitrogen and oxygen atoms in total. The number of hydrogen-bond acceptors (Lipinski definition) is 2. The predicted molar refractivity (Wildman–Crippen MR) is 73.5 cm³/mol. The standard InChI is InChI=1S/C15H18N2O2/c1-9(11-5-3-6-11)17-10(2)16-13-8-4-7-12(14(13)17)15(18)19/h4,7-9,11H,3,5-6H2,1-2H3,(H,18,19). The molecule has 1 atom stereocenters. The van der Waals surface area contributed by atoms with Crippen LogP contribution in [0.4, 0.5) is 0 Å². The van der Waals surface area contributed by atoms with Crippen LogP contribution in [0.25, 0.3) is 11.0 Å². The summed E-state index contributed by atoms with van der Waals surface area (Å²) in [7, 11) is 0. The highest BCUT2D eigenvalue weighted by Crippen LogP contribution is 2.38. The van der Waals surface area contributed by atoms with Crippen LogP contribution >= 0.6 is 0 Å². The Balaban J connectivity index is 2.21. The molecule has 3 rings (SSSR count). The second-order valence-electron chi connectivity index (χ2n) is 5.44. The van der Waals surface area contributed by atoms with Crippen LogP contribution in [0.3, 0.4) is 0 Å². The van der Waals surface area contributed by atoms with Crippen molar-refractivity contribution in [1.82, 2.24) is 9.55 Å². The summed E-state index contributed by atoms with van der Waals surface area (Å²) in [5.41, 5.74) is 1.90. The van der Waals surface area contributed by atoms with Crippen molar-refractivity contribution in [2.24, 2.45) is 5.92 Å². The van der Waals surface area contributed by atoms with Gasteiger partial charge in [0.15, 0.2) is 0 Å². The SMILES string of the molecule is Cc1nc2cccc(C(=O)O)c2n1C(C)C1CCC1. The van der Waals surface area contributed by atoms with Gasteiger partial charge in [0.2, 0.25) is 0 Å². The second kappa shape index (κ2) is 4.37. The average molecular weight is 258 g/mol. The normalized spacial score (nSPS) is 17.4. The van der Waals surface area contributed by atoms with E-state index in [2.05, 4.69) is 16.5 Å². The molecule has 1 unspecified atom stereocenters. The van der Waals surface area contributed by atoms with E-state index in [9.17, 15) is 9.90 Å². The highest BCUT2D eigenvalue weighted by Gasteiger charge is 2.28. The number of aromatic nitrogens is 2. The van der Waals surface area contributed by atoms with Crippen LogP contribution in [-0.4, -0.2) is 20.6 Å². The summed E-state index contributed by atoms with van der Waals surface area (Å²) in [6.45, 7) is 4.14. The first-order valence-electron chi connectivity index (χ1n) is 6.80. The van der Waals surface area contributed by atoms with Gasteiger partial charge in [-0.25, -0.2) is 9.78 Å². The Hall–Kier alpha value is -1.84.